The molecule has 0 aliphatic carbocycles. The smallest absolute Gasteiger partial charge is 0.162 e. The number of hydrogen-bond acceptors (Lipinski definition) is 3. The highest BCUT2D eigenvalue weighted by Gasteiger charge is 2.09. The largest absolute Gasteiger partial charge is 0.497 e. The van der Waals surface area contributed by atoms with Gasteiger partial charge in [0.05, 0.1) is 7.11 Å². The van der Waals surface area contributed by atoms with Crippen LogP contribution in [0.15, 0.2) is 54.6 Å². The molecule has 2 aromatic rings. The molecule has 0 amide bonds. The van der Waals surface area contributed by atoms with E-state index in [4.69, 9.17) is 4.74 Å². The minimum atomic E-state index is 0.0542. The SMILES string of the molecule is COc1ccc(C(=O)CCCC(=O)c2ccccc2)cc1. The molecule has 21 heavy (non-hydrogen) atoms. The molecule has 0 aliphatic heterocycles. The number of carbonyl (C=O) groups is 2. The molecule has 2 rings (SSSR count). The van der Waals surface area contributed by atoms with E-state index in [-0.39, 0.29) is 11.6 Å². The molecule has 0 fully saturated rings. The lowest BCUT2D eigenvalue weighted by atomic mass is 10.0. The van der Waals surface area contributed by atoms with Crippen LogP contribution in [-0.4, -0.2) is 18.7 Å². The Balaban J connectivity index is 1.82. The van der Waals surface area contributed by atoms with Crippen LogP contribution >= 0.6 is 0 Å². The molecule has 108 valence electrons. The summed E-state index contributed by atoms with van der Waals surface area (Å²) in [6, 6.07) is 16.2. The molecule has 0 unspecified atom stereocenters. The molecular formula is C18H18O3. The van der Waals surface area contributed by atoms with Crippen molar-refractivity contribution in [1.29, 1.82) is 0 Å². The lowest BCUT2D eigenvalue weighted by Gasteiger charge is -2.03. The van der Waals surface area contributed by atoms with Gasteiger partial charge in [0.2, 0.25) is 0 Å². The third kappa shape index (κ3) is 4.28. The van der Waals surface area contributed by atoms with Crippen molar-refractivity contribution >= 4 is 11.6 Å². The monoisotopic (exact) mass is 282 g/mol. The van der Waals surface area contributed by atoms with Crippen molar-refractivity contribution in [1.82, 2.24) is 0 Å². The Bertz CT molecular complexity index is 600. The number of hydrogen-bond donors (Lipinski definition) is 0. The molecular weight excluding hydrogens is 264 g/mol. The Hall–Kier alpha value is -2.42. The fourth-order valence-corrected chi connectivity index (χ4v) is 2.10. The third-order valence-electron chi connectivity index (χ3n) is 3.32. The maximum absolute atomic E-state index is 12.0. The molecule has 0 saturated carbocycles. The number of methoxy groups -OCH3 is 1. The van der Waals surface area contributed by atoms with E-state index in [0.29, 0.717) is 30.4 Å². The molecule has 0 bridgehead atoms. The van der Waals surface area contributed by atoms with Crippen molar-refractivity contribution in [2.45, 2.75) is 19.3 Å². The summed E-state index contributed by atoms with van der Waals surface area (Å²) >= 11 is 0. The lowest BCUT2D eigenvalue weighted by molar-refractivity contribution is 0.0957. The van der Waals surface area contributed by atoms with Crippen LogP contribution in [0.2, 0.25) is 0 Å². The number of benzene rings is 2. The summed E-state index contributed by atoms with van der Waals surface area (Å²) in [5.74, 6) is 0.863. The van der Waals surface area contributed by atoms with E-state index in [1.807, 2.05) is 18.2 Å². The van der Waals surface area contributed by atoms with Crippen LogP contribution in [0.4, 0.5) is 0 Å². The van der Waals surface area contributed by atoms with Crippen LogP contribution in [0, 0.1) is 0 Å². The first kappa shape index (κ1) is 15.0. The van der Waals surface area contributed by atoms with Crippen LogP contribution < -0.4 is 4.74 Å². The van der Waals surface area contributed by atoms with Gasteiger partial charge in [-0.05, 0) is 30.7 Å². The second-order valence-corrected chi connectivity index (χ2v) is 4.79. The first-order valence-corrected chi connectivity index (χ1v) is 6.96. The van der Waals surface area contributed by atoms with Crippen LogP contribution in [0.1, 0.15) is 40.0 Å². The summed E-state index contributed by atoms with van der Waals surface area (Å²) in [5.41, 5.74) is 1.36. The van der Waals surface area contributed by atoms with Gasteiger partial charge in [0.1, 0.15) is 5.75 Å². The summed E-state index contributed by atoms with van der Waals surface area (Å²) < 4.78 is 5.05. The summed E-state index contributed by atoms with van der Waals surface area (Å²) in [6.07, 6.45) is 1.34. The average molecular weight is 282 g/mol. The first-order chi connectivity index (χ1) is 10.2. The Morgan fingerprint density at radius 1 is 0.810 bits per heavy atom. The molecule has 0 N–H and O–H groups in total. The molecule has 0 saturated heterocycles. The molecule has 2 aromatic carbocycles. The second-order valence-electron chi connectivity index (χ2n) is 4.79. The minimum absolute atomic E-state index is 0.0542. The van der Waals surface area contributed by atoms with Crippen LogP contribution in [0.3, 0.4) is 0 Å². The summed E-state index contributed by atoms with van der Waals surface area (Å²) in [6.45, 7) is 0. The van der Waals surface area contributed by atoms with E-state index in [1.54, 1.807) is 43.5 Å². The highest BCUT2D eigenvalue weighted by atomic mass is 16.5. The molecule has 3 nitrogen and oxygen atoms in total. The van der Waals surface area contributed by atoms with Gasteiger partial charge in [-0.15, -0.1) is 0 Å². The predicted molar refractivity (Wildman–Crippen MR) is 81.9 cm³/mol. The average Bonchev–Trinajstić information content (AvgIpc) is 2.55. The van der Waals surface area contributed by atoms with E-state index in [9.17, 15) is 9.59 Å². The zero-order valence-corrected chi connectivity index (χ0v) is 12.0. The second kappa shape index (κ2) is 7.39. The van der Waals surface area contributed by atoms with Gasteiger partial charge in [-0.25, -0.2) is 0 Å². The molecule has 0 radical (unpaired) electrons. The van der Waals surface area contributed by atoms with Crippen molar-refractivity contribution in [3.63, 3.8) is 0 Å². The van der Waals surface area contributed by atoms with Gasteiger partial charge >= 0.3 is 0 Å². The molecule has 0 heterocycles. The van der Waals surface area contributed by atoms with Crippen LogP contribution in [0.5, 0.6) is 5.75 Å². The fourth-order valence-electron chi connectivity index (χ4n) is 2.10. The molecule has 3 heteroatoms. The van der Waals surface area contributed by atoms with E-state index in [1.165, 1.54) is 0 Å². The van der Waals surface area contributed by atoms with Crippen LogP contribution in [-0.2, 0) is 0 Å². The normalized spacial score (nSPS) is 10.1. The molecule has 0 aromatic heterocycles. The Labute approximate surface area is 124 Å². The number of carbonyl (C=O) groups excluding carboxylic acids is 2. The highest BCUT2D eigenvalue weighted by Crippen LogP contribution is 2.14. The number of ether oxygens (including phenoxy) is 1. The Kier molecular flexibility index (Phi) is 5.27. The van der Waals surface area contributed by atoms with Crippen molar-refractivity contribution in [3.05, 3.63) is 65.7 Å². The minimum Gasteiger partial charge on any atom is -0.497 e. The standard InChI is InChI=1S/C18H18O3/c1-21-16-12-10-15(11-13-16)18(20)9-5-8-17(19)14-6-3-2-4-7-14/h2-4,6-7,10-13H,5,8-9H2,1H3. The molecule has 0 atom stereocenters. The topological polar surface area (TPSA) is 43.4 Å². The van der Waals surface area contributed by atoms with Gasteiger partial charge in [-0.2, -0.15) is 0 Å². The van der Waals surface area contributed by atoms with Gasteiger partial charge in [-0.3, -0.25) is 9.59 Å². The van der Waals surface area contributed by atoms with Crippen molar-refractivity contribution < 1.29 is 14.3 Å². The fraction of sp³-hybridized carbons (Fsp3) is 0.222. The van der Waals surface area contributed by atoms with E-state index >= 15 is 0 Å². The van der Waals surface area contributed by atoms with Gasteiger partial charge in [0.15, 0.2) is 11.6 Å². The van der Waals surface area contributed by atoms with Crippen molar-refractivity contribution in [2.24, 2.45) is 0 Å². The van der Waals surface area contributed by atoms with Crippen LogP contribution in [0.25, 0.3) is 0 Å². The Morgan fingerprint density at radius 2 is 1.33 bits per heavy atom. The predicted octanol–water partition coefficient (Wildman–Crippen LogP) is 3.93. The maximum atomic E-state index is 12.0. The third-order valence-corrected chi connectivity index (χ3v) is 3.32. The van der Waals surface area contributed by atoms with Gasteiger partial charge in [0, 0.05) is 24.0 Å². The maximum Gasteiger partial charge on any atom is 0.162 e. The van der Waals surface area contributed by atoms with Gasteiger partial charge in [0.25, 0.3) is 0 Å². The zero-order valence-electron chi connectivity index (χ0n) is 12.0. The van der Waals surface area contributed by atoms with Crippen molar-refractivity contribution in [2.75, 3.05) is 7.11 Å². The number of Topliss-reactive ketones (excluding diaryl/α,β-unsaturated/α-hetero) is 2. The summed E-state index contributed by atoms with van der Waals surface area (Å²) in [4.78, 5) is 23.9. The Morgan fingerprint density at radius 3 is 1.86 bits per heavy atom. The first-order valence-electron chi connectivity index (χ1n) is 6.96. The summed E-state index contributed by atoms with van der Waals surface area (Å²) in [7, 11) is 1.59. The van der Waals surface area contributed by atoms with Gasteiger partial charge in [-0.1, -0.05) is 30.3 Å². The van der Waals surface area contributed by atoms with Gasteiger partial charge < -0.3 is 4.74 Å². The summed E-state index contributed by atoms with van der Waals surface area (Å²) in [5, 5.41) is 0. The van der Waals surface area contributed by atoms with E-state index in [0.717, 1.165) is 5.75 Å². The molecule has 0 aliphatic rings. The zero-order chi connectivity index (χ0) is 15.1. The lowest BCUT2D eigenvalue weighted by Crippen LogP contribution is -2.03. The quantitative estimate of drug-likeness (QED) is 0.723. The van der Waals surface area contributed by atoms with Crippen molar-refractivity contribution in [3.8, 4) is 5.75 Å². The van der Waals surface area contributed by atoms with E-state index in [2.05, 4.69) is 0 Å². The van der Waals surface area contributed by atoms with E-state index < -0.39 is 0 Å². The number of rotatable bonds is 7. The number of ketones is 2. The molecule has 0 spiro atoms. The highest BCUT2D eigenvalue weighted by molar-refractivity contribution is 5.98.